The predicted molar refractivity (Wildman–Crippen MR) is 58.0 cm³/mol. The largest absolute Gasteiger partial charge is 0.352 e. The fraction of sp³-hybridized carbons (Fsp3) is 0.600. The number of carbonyl (C=O) groups excluding carboxylic acids is 1. The molecule has 0 spiro atoms. The lowest BCUT2D eigenvalue weighted by molar-refractivity contribution is -0.124. The highest BCUT2D eigenvalue weighted by molar-refractivity contribution is 5.78. The van der Waals surface area contributed by atoms with Crippen molar-refractivity contribution in [2.24, 2.45) is 18.7 Å². The van der Waals surface area contributed by atoms with E-state index in [1.54, 1.807) is 4.68 Å². The fourth-order valence-electron chi connectivity index (χ4n) is 1.29. The summed E-state index contributed by atoms with van der Waals surface area (Å²) in [4.78, 5) is 11.4. The van der Waals surface area contributed by atoms with Gasteiger partial charge in [-0.25, -0.2) is 0 Å². The Kier molecular flexibility index (Phi) is 3.85. The normalized spacial score (nSPS) is 12.5. The summed E-state index contributed by atoms with van der Waals surface area (Å²) in [6, 6.07) is 0. The second-order valence-corrected chi connectivity index (χ2v) is 3.77. The molecule has 84 valence electrons. The van der Waals surface area contributed by atoms with Gasteiger partial charge < -0.3 is 11.1 Å². The molecule has 0 radical (unpaired) electrons. The summed E-state index contributed by atoms with van der Waals surface area (Å²) in [7, 11) is 1.86. The molecular weight excluding hydrogens is 192 g/mol. The lowest BCUT2D eigenvalue weighted by atomic mass is 10.1. The SMILES string of the molecule is Cc1nn(C)cc1CNC(=O)C(C)CN. The van der Waals surface area contributed by atoms with Gasteiger partial charge in [0.2, 0.25) is 5.91 Å². The first-order chi connectivity index (χ1) is 7.04. The molecule has 0 aliphatic heterocycles. The van der Waals surface area contributed by atoms with E-state index in [0.29, 0.717) is 13.1 Å². The van der Waals surface area contributed by atoms with Crippen LogP contribution in [0.15, 0.2) is 6.20 Å². The van der Waals surface area contributed by atoms with Gasteiger partial charge in [0.15, 0.2) is 0 Å². The van der Waals surface area contributed by atoms with Gasteiger partial charge in [0, 0.05) is 37.8 Å². The number of hydrogen-bond acceptors (Lipinski definition) is 3. The zero-order valence-electron chi connectivity index (χ0n) is 9.45. The predicted octanol–water partition coefficient (Wildman–Crippen LogP) is -0.0605. The van der Waals surface area contributed by atoms with Crippen LogP contribution in [-0.4, -0.2) is 22.2 Å². The van der Waals surface area contributed by atoms with Crippen molar-refractivity contribution in [3.63, 3.8) is 0 Å². The molecule has 1 rings (SSSR count). The summed E-state index contributed by atoms with van der Waals surface area (Å²) in [6.07, 6.45) is 1.91. The molecule has 1 heterocycles. The standard InChI is InChI=1S/C10H18N4O/c1-7(4-11)10(15)12-5-9-6-14(3)13-8(9)2/h6-7H,4-5,11H2,1-3H3,(H,12,15). The van der Waals surface area contributed by atoms with Crippen molar-refractivity contribution in [1.29, 1.82) is 0 Å². The molecule has 15 heavy (non-hydrogen) atoms. The van der Waals surface area contributed by atoms with Crippen molar-refractivity contribution >= 4 is 5.91 Å². The Balaban J connectivity index is 2.50. The Bertz CT molecular complexity index is 345. The minimum absolute atomic E-state index is 0.0132. The number of aromatic nitrogens is 2. The Hall–Kier alpha value is -1.36. The molecule has 1 aromatic heterocycles. The first kappa shape index (κ1) is 11.7. The summed E-state index contributed by atoms with van der Waals surface area (Å²) in [5.41, 5.74) is 7.38. The second kappa shape index (κ2) is 4.93. The van der Waals surface area contributed by atoms with E-state index in [1.807, 2.05) is 27.1 Å². The van der Waals surface area contributed by atoms with Gasteiger partial charge in [-0.1, -0.05) is 6.92 Å². The highest BCUT2D eigenvalue weighted by atomic mass is 16.1. The maximum Gasteiger partial charge on any atom is 0.224 e. The molecule has 0 bridgehead atoms. The maximum absolute atomic E-state index is 11.4. The van der Waals surface area contributed by atoms with E-state index in [4.69, 9.17) is 5.73 Å². The van der Waals surface area contributed by atoms with Gasteiger partial charge in [0.05, 0.1) is 5.69 Å². The number of nitrogens with one attached hydrogen (secondary N) is 1. The fourth-order valence-corrected chi connectivity index (χ4v) is 1.29. The maximum atomic E-state index is 11.4. The molecule has 0 fully saturated rings. The summed E-state index contributed by atoms with van der Waals surface area (Å²) >= 11 is 0. The molecule has 0 saturated heterocycles. The van der Waals surface area contributed by atoms with Crippen LogP contribution in [0, 0.1) is 12.8 Å². The Morgan fingerprint density at radius 1 is 1.73 bits per heavy atom. The number of amides is 1. The van der Waals surface area contributed by atoms with Gasteiger partial charge in [-0.2, -0.15) is 5.10 Å². The van der Waals surface area contributed by atoms with Gasteiger partial charge in [-0.3, -0.25) is 9.48 Å². The highest BCUT2D eigenvalue weighted by Gasteiger charge is 2.11. The van der Waals surface area contributed by atoms with E-state index in [9.17, 15) is 4.79 Å². The van der Waals surface area contributed by atoms with Crippen LogP contribution in [0.25, 0.3) is 0 Å². The highest BCUT2D eigenvalue weighted by Crippen LogP contribution is 2.04. The number of aryl methyl sites for hydroxylation is 2. The molecule has 1 unspecified atom stereocenters. The van der Waals surface area contributed by atoms with Gasteiger partial charge in [-0.15, -0.1) is 0 Å². The Morgan fingerprint density at radius 2 is 2.40 bits per heavy atom. The smallest absolute Gasteiger partial charge is 0.224 e. The van der Waals surface area contributed by atoms with E-state index < -0.39 is 0 Å². The van der Waals surface area contributed by atoms with E-state index in [0.717, 1.165) is 11.3 Å². The van der Waals surface area contributed by atoms with Crippen LogP contribution in [0.5, 0.6) is 0 Å². The molecular formula is C10H18N4O. The summed E-state index contributed by atoms with van der Waals surface area (Å²) in [5.74, 6) is -0.150. The molecule has 1 amide bonds. The van der Waals surface area contributed by atoms with Crippen LogP contribution >= 0.6 is 0 Å². The summed E-state index contributed by atoms with van der Waals surface area (Å²) in [5, 5.41) is 7.03. The second-order valence-electron chi connectivity index (χ2n) is 3.77. The third-order valence-electron chi connectivity index (χ3n) is 2.37. The number of nitrogens with zero attached hydrogens (tertiary/aromatic N) is 2. The van der Waals surface area contributed by atoms with Crippen molar-refractivity contribution in [2.75, 3.05) is 6.54 Å². The lowest BCUT2D eigenvalue weighted by Crippen LogP contribution is -2.32. The molecule has 5 nitrogen and oxygen atoms in total. The van der Waals surface area contributed by atoms with E-state index in [1.165, 1.54) is 0 Å². The van der Waals surface area contributed by atoms with Crippen molar-refractivity contribution in [1.82, 2.24) is 15.1 Å². The summed E-state index contributed by atoms with van der Waals surface area (Å²) < 4.78 is 1.74. The molecule has 0 aromatic carbocycles. The van der Waals surface area contributed by atoms with Crippen molar-refractivity contribution in [3.05, 3.63) is 17.5 Å². The van der Waals surface area contributed by atoms with Crippen LogP contribution in [0.2, 0.25) is 0 Å². The van der Waals surface area contributed by atoms with E-state index in [-0.39, 0.29) is 11.8 Å². The monoisotopic (exact) mass is 210 g/mol. The van der Waals surface area contributed by atoms with Crippen LogP contribution < -0.4 is 11.1 Å². The van der Waals surface area contributed by atoms with Gasteiger partial charge in [0.1, 0.15) is 0 Å². The first-order valence-corrected chi connectivity index (χ1v) is 5.01. The molecule has 0 aliphatic carbocycles. The third kappa shape index (κ3) is 3.06. The molecule has 0 aliphatic rings. The van der Waals surface area contributed by atoms with Crippen molar-refractivity contribution < 1.29 is 4.79 Å². The molecule has 1 aromatic rings. The topological polar surface area (TPSA) is 72.9 Å². The minimum atomic E-state index is -0.137. The molecule has 1 atom stereocenters. The average Bonchev–Trinajstić information content (AvgIpc) is 2.52. The van der Waals surface area contributed by atoms with Gasteiger partial charge in [0.25, 0.3) is 0 Å². The van der Waals surface area contributed by atoms with Crippen LogP contribution in [0.3, 0.4) is 0 Å². The number of hydrogen-bond donors (Lipinski definition) is 2. The number of rotatable bonds is 4. The number of carbonyl (C=O) groups is 1. The third-order valence-corrected chi connectivity index (χ3v) is 2.37. The minimum Gasteiger partial charge on any atom is -0.352 e. The van der Waals surface area contributed by atoms with Crippen LogP contribution in [0.1, 0.15) is 18.2 Å². The lowest BCUT2D eigenvalue weighted by Gasteiger charge is -2.08. The van der Waals surface area contributed by atoms with Crippen molar-refractivity contribution in [2.45, 2.75) is 20.4 Å². The summed E-state index contributed by atoms with van der Waals surface area (Å²) in [6.45, 7) is 4.62. The Morgan fingerprint density at radius 3 is 2.87 bits per heavy atom. The average molecular weight is 210 g/mol. The molecule has 3 N–H and O–H groups in total. The van der Waals surface area contributed by atoms with E-state index >= 15 is 0 Å². The van der Waals surface area contributed by atoms with Crippen LogP contribution in [0.4, 0.5) is 0 Å². The molecule has 0 saturated carbocycles. The quantitative estimate of drug-likeness (QED) is 0.731. The van der Waals surface area contributed by atoms with Gasteiger partial charge >= 0.3 is 0 Å². The number of nitrogens with two attached hydrogens (primary N) is 1. The van der Waals surface area contributed by atoms with Gasteiger partial charge in [-0.05, 0) is 6.92 Å². The molecule has 5 heteroatoms. The first-order valence-electron chi connectivity index (χ1n) is 5.01. The van der Waals surface area contributed by atoms with Crippen molar-refractivity contribution in [3.8, 4) is 0 Å². The zero-order valence-corrected chi connectivity index (χ0v) is 9.45. The van der Waals surface area contributed by atoms with Crippen LogP contribution in [-0.2, 0) is 18.4 Å². The van der Waals surface area contributed by atoms with E-state index in [2.05, 4.69) is 10.4 Å². The Labute approximate surface area is 89.6 Å². The zero-order chi connectivity index (χ0) is 11.4.